The van der Waals surface area contributed by atoms with Crippen LogP contribution in [0.4, 0.5) is 0 Å². The molecule has 2 atom stereocenters. The van der Waals surface area contributed by atoms with Gasteiger partial charge in [0.25, 0.3) is 5.56 Å². The summed E-state index contributed by atoms with van der Waals surface area (Å²) in [7, 11) is 0. The lowest BCUT2D eigenvalue weighted by Gasteiger charge is -2.24. The summed E-state index contributed by atoms with van der Waals surface area (Å²) in [6, 6.07) is 4.25. The van der Waals surface area contributed by atoms with Gasteiger partial charge in [-0.15, -0.1) is 22.7 Å². The summed E-state index contributed by atoms with van der Waals surface area (Å²) >= 11 is 3.42. The Kier molecular flexibility index (Phi) is 7.03. The van der Waals surface area contributed by atoms with Gasteiger partial charge in [0.2, 0.25) is 0 Å². The number of fused-ring (bicyclic) bond motifs is 1. The minimum atomic E-state index is 0.00541. The van der Waals surface area contributed by atoms with E-state index in [0.717, 1.165) is 61.4 Å². The molecule has 0 amide bonds. The fraction of sp³-hybridized carbons (Fsp3) is 0.565. The van der Waals surface area contributed by atoms with E-state index < -0.39 is 0 Å². The maximum atomic E-state index is 13.0. The summed E-state index contributed by atoms with van der Waals surface area (Å²) in [5, 5.41) is 2.91. The van der Waals surface area contributed by atoms with Crippen LogP contribution in [0.5, 0.6) is 0 Å². The van der Waals surface area contributed by atoms with E-state index in [2.05, 4.69) is 48.2 Å². The van der Waals surface area contributed by atoms with Crippen LogP contribution in [-0.4, -0.2) is 34.1 Å². The number of aromatic amines is 1. The number of rotatable bonds is 9. The van der Waals surface area contributed by atoms with Crippen molar-refractivity contribution in [1.82, 2.24) is 14.9 Å². The normalized spacial score (nSPS) is 17.9. The molecule has 0 bridgehead atoms. The van der Waals surface area contributed by atoms with Crippen molar-refractivity contribution in [1.29, 1.82) is 0 Å². The highest BCUT2D eigenvalue weighted by molar-refractivity contribution is 7.18. The van der Waals surface area contributed by atoms with E-state index in [4.69, 9.17) is 9.72 Å². The van der Waals surface area contributed by atoms with Crippen LogP contribution in [0.15, 0.2) is 22.3 Å². The van der Waals surface area contributed by atoms with Crippen LogP contribution in [0.2, 0.25) is 0 Å². The summed E-state index contributed by atoms with van der Waals surface area (Å²) in [5.41, 5.74) is 1.19. The Balaban J connectivity index is 1.59. The molecule has 0 radical (unpaired) electrons. The Morgan fingerprint density at radius 2 is 2.27 bits per heavy atom. The molecule has 4 rings (SSSR count). The second-order valence-corrected chi connectivity index (χ2v) is 10.7. The molecule has 1 aliphatic heterocycles. The van der Waals surface area contributed by atoms with Crippen molar-refractivity contribution in [3.63, 3.8) is 0 Å². The lowest BCUT2D eigenvalue weighted by molar-refractivity contribution is 0.0674. The van der Waals surface area contributed by atoms with Gasteiger partial charge >= 0.3 is 0 Å². The molecule has 1 fully saturated rings. The molecule has 1 aliphatic rings. The first-order valence-electron chi connectivity index (χ1n) is 10.9. The summed E-state index contributed by atoms with van der Waals surface area (Å²) in [6.45, 7) is 9.75. The van der Waals surface area contributed by atoms with Crippen LogP contribution in [-0.2, 0) is 24.2 Å². The van der Waals surface area contributed by atoms with Crippen LogP contribution in [0.3, 0.4) is 0 Å². The van der Waals surface area contributed by atoms with E-state index in [0.29, 0.717) is 12.5 Å². The highest BCUT2D eigenvalue weighted by Crippen LogP contribution is 2.30. The number of H-pyrrole nitrogens is 1. The Labute approximate surface area is 186 Å². The molecule has 5 nitrogen and oxygen atoms in total. The lowest BCUT2D eigenvalue weighted by atomic mass is 9.98. The Bertz CT molecular complexity index is 1020. The molecule has 30 heavy (non-hydrogen) atoms. The van der Waals surface area contributed by atoms with Crippen LogP contribution in [0, 0.1) is 12.8 Å². The molecule has 3 aromatic rings. The molecule has 1 N–H and O–H groups in total. The zero-order chi connectivity index (χ0) is 21.1. The molecule has 0 spiro atoms. The van der Waals surface area contributed by atoms with Crippen molar-refractivity contribution in [2.24, 2.45) is 5.92 Å². The van der Waals surface area contributed by atoms with Gasteiger partial charge in [-0.25, -0.2) is 4.98 Å². The third-order valence-electron chi connectivity index (χ3n) is 5.98. The van der Waals surface area contributed by atoms with Gasteiger partial charge in [0, 0.05) is 29.5 Å². The number of thiophene rings is 2. The Morgan fingerprint density at radius 3 is 2.97 bits per heavy atom. The van der Waals surface area contributed by atoms with Crippen LogP contribution < -0.4 is 5.56 Å². The minimum absolute atomic E-state index is 0.00541. The van der Waals surface area contributed by atoms with Crippen LogP contribution >= 0.6 is 22.7 Å². The van der Waals surface area contributed by atoms with Crippen molar-refractivity contribution in [3.8, 4) is 0 Å². The maximum absolute atomic E-state index is 13.0. The molecule has 0 aromatic carbocycles. The topological polar surface area (TPSA) is 58.2 Å². The van der Waals surface area contributed by atoms with E-state index >= 15 is 0 Å². The molecule has 0 unspecified atom stereocenters. The van der Waals surface area contributed by atoms with Crippen molar-refractivity contribution < 1.29 is 4.74 Å². The Morgan fingerprint density at radius 1 is 1.40 bits per heavy atom. The minimum Gasteiger partial charge on any atom is -0.377 e. The number of hydrogen-bond acceptors (Lipinski definition) is 6. The van der Waals surface area contributed by atoms with Gasteiger partial charge in [0.05, 0.1) is 18.0 Å². The van der Waals surface area contributed by atoms with Crippen molar-refractivity contribution >= 4 is 32.9 Å². The maximum Gasteiger partial charge on any atom is 0.259 e. The van der Waals surface area contributed by atoms with E-state index in [-0.39, 0.29) is 11.7 Å². The van der Waals surface area contributed by atoms with Crippen molar-refractivity contribution in [3.05, 3.63) is 49.0 Å². The molecular weight excluding hydrogens is 414 g/mol. The van der Waals surface area contributed by atoms with Gasteiger partial charge in [0.15, 0.2) is 0 Å². The van der Waals surface area contributed by atoms with Crippen LogP contribution in [0.1, 0.15) is 54.3 Å². The average molecular weight is 446 g/mol. The van der Waals surface area contributed by atoms with Gasteiger partial charge in [-0.3, -0.25) is 9.69 Å². The first-order chi connectivity index (χ1) is 14.5. The monoisotopic (exact) mass is 445 g/mol. The van der Waals surface area contributed by atoms with Crippen LogP contribution in [0.25, 0.3) is 10.2 Å². The number of ether oxygens (including phenoxy) is 1. The SMILES string of the molecule is CC[C@H](C)Cc1c(C)sc2nc(CN(Cc3cccs3)C[C@@H]3CCCO3)[nH]c(=O)c12. The molecule has 0 aliphatic carbocycles. The zero-order valence-electron chi connectivity index (χ0n) is 18.1. The standard InChI is InChI=1S/C23H31N3O2S2/c1-4-15(2)11-19-16(3)30-23-21(19)22(27)24-20(25-23)14-26(12-17-7-5-9-28-17)13-18-8-6-10-29-18/h6,8,10,15,17H,4-5,7,9,11-14H2,1-3H3,(H,24,25,27)/t15-,17-/m0/s1. The quantitative estimate of drug-likeness (QED) is 0.496. The highest BCUT2D eigenvalue weighted by atomic mass is 32.1. The predicted octanol–water partition coefficient (Wildman–Crippen LogP) is 5.12. The van der Waals surface area contributed by atoms with E-state index in [1.54, 1.807) is 22.7 Å². The Hall–Kier alpha value is -1.54. The average Bonchev–Trinajstić information content (AvgIpc) is 3.45. The summed E-state index contributed by atoms with van der Waals surface area (Å²) < 4.78 is 5.87. The predicted molar refractivity (Wildman–Crippen MR) is 126 cm³/mol. The molecular formula is C23H31N3O2S2. The third kappa shape index (κ3) is 5.02. The summed E-state index contributed by atoms with van der Waals surface area (Å²) in [6.07, 6.45) is 4.56. The second kappa shape index (κ2) is 9.73. The van der Waals surface area contributed by atoms with Gasteiger partial charge in [-0.1, -0.05) is 26.3 Å². The highest BCUT2D eigenvalue weighted by Gasteiger charge is 2.22. The zero-order valence-corrected chi connectivity index (χ0v) is 19.7. The molecule has 4 heterocycles. The molecule has 1 saturated heterocycles. The van der Waals surface area contributed by atoms with E-state index in [1.807, 2.05) is 0 Å². The fourth-order valence-electron chi connectivity index (χ4n) is 4.13. The van der Waals surface area contributed by atoms with Gasteiger partial charge in [-0.2, -0.15) is 0 Å². The smallest absolute Gasteiger partial charge is 0.259 e. The number of nitrogens with zero attached hydrogens (tertiary/aromatic N) is 2. The van der Waals surface area contributed by atoms with Crippen molar-refractivity contribution in [2.45, 2.75) is 65.6 Å². The van der Waals surface area contributed by atoms with E-state index in [1.165, 1.54) is 15.3 Å². The first kappa shape index (κ1) is 21.7. The van der Waals surface area contributed by atoms with Gasteiger partial charge in [-0.05, 0) is 49.1 Å². The number of aryl methyl sites for hydroxylation is 1. The number of aromatic nitrogens is 2. The second-order valence-electron chi connectivity index (χ2n) is 8.43. The van der Waals surface area contributed by atoms with Crippen molar-refractivity contribution in [2.75, 3.05) is 13.2 Å². The third-order valence-corrected chi connectivity index (χ3v) is 7.88. The fourth-order valence-corrected chi connectivity index (χ4v) is 5.95. The number of hydrogen-bond donors (Lipinski definition) is 1. The summed E-state index contributed by atoms with van der Waals surface area (Å²) in [4.78, 5) is 26.7. The molecule has 0 saturated carbocycles. The molecule has 3 aromatic heterocycles. The van der Waals surface area contributed by atoms with Gasteiger partial charge in [0.1, 0.15) is 10.7 Å². The van der Waals surface area contributed by atoms with Gasteiger partial charge < -0.3 is 9.72 Å². The summed E-state index contributed by atoms with van der Waals surface area (Å²) in [5.74, 6) is 1.31. The first-order valence-corrected chi connectivity index (χ1v) is 12.6. The van der Waals surface area contributed by atoms with E-state index in [9.17, 15) is 4.79 Å². The number of nitrogens with one attached hydrogen (secondary N) is 1. The molecule has 7 heteroatoms. The largest absolute Gasteiger partial charge is 0.377 e. The molecule has 162 valence electrons. The lowest BCUT2D eigenvalue weighted by Crippen LogP contribution is -2.32.